The van der Waals surface area contributed by atoms with Crippen LogP contribution in [0.1, 0.15) is 25.7 Å². The second-order valence-electron chi connectivity index (χ2n) is 3.93. The molecule has 90 valence electrons. The number of alkyl halides is 1. The first-order valence-corrected chi connectivity index (χ1v) is 6.87. The van der Waals surface area contributed by atoms with Crippen molar-refractivity contribution < 1.29 is 8.78 Å². The summed E-state index contributed by atoms with van der Waals surface area (Å²) in [6, 6.07) is 5.64. The van der Waals surface area contributed by atoms with Gasteiger partial charge < -0.3 is 0 Å². The Labute approximate surface area is 111 Å². The summed E-state index contributed by atoms with van der Waals surface area (Å²) in [6.07, 6.45) is 0. The third kappa shape index (κ3) is 2.75. The molecule has 0 saturated heterocycles. The molecule has 1 atom stereocenters. The second kappa shape index (κ2) is 4.86. The molecule has 0 aliphatic rings. The molecular formula is C13H11BrF2S. The molecule has 1 aromatic carbocycles. The summed E-state index contributed by atoms with van der Waals surface area (Å²) < 4.78 is 26.3. The summed E-state index contributed by atoms with van der Waals surface area (Å²) in [5.41, 5.74) is 1.67. The number of thiophene rings is 1. The Morgan fingerprint density at radius 2 is 1.65 bits per heavy atom. The van der Waals surface area contributed by atoms with E-state index in [4.69, 9.17) is 0 Å². The summed E-state index contributed by atoms with van der Waals surface area (Å²) in [5.74, 6) is -1.09. The van der Waals surface area contributed by atoms with E-state index in [1.807, 2.05) is 19.9 Å². The molecule has 0 bridgehead atoms. The van der Waals surface area contributed by atoms with Crippen molar-refractivity contribution in [2.24, 2.45) is 0 Å². The fraction of sp³-hybridized carbons (Fsp3) is 0.231. The molecular weight excluding hydrogens is 306 g/mol. The van der Waals surface area contributed by atoms with Gasteiger partial charge in [-0.1, -0.05) is 15.9 Å². The number of hydrogen-bond donors (Lipinski definition) is 0. The molecule has 2 aromatic rings. The van der Waals surface area contributed by atoms with Crippen molar-refractivity contribution in [3.05, 3.63) is 56.8 Å². The van der Waals surface area contributed by atoms with Crippen LogP contribution in [0.3, 0.4) is 0 Å². The van der Waals surface area contributed by atoms with Crippen molar-refractivity contribution in [2.75, 3.05) is 0 Å². The van der Waals surface area contributed by atoms with Crippen LogP contribution in [0.5, 0.6) is 0 Å². The summed E-state index contributed by atoms with van der Waals surface area (Å²) >= 11 is 5.18. The van der Waals surface area contributed by atoms with E-state index < -0.39 is 11.6 Å². The third-order valence-corrected chi connectivity index (χ3v) is 4.53. The zero-order valence-electron chi connectivity index (χ0n) is 9.43. The molecule has 0 radical (unpaired) electrons. The van der Waals surface area contributed by atoms with E-state index in [0.717, 1.165) is 16.5 Å². The van der Waals surface area contributed by atoms with Gasteiger partial charge in [0.2, 0.25) is 0 Å². The largest absolute Gasteiger partial charge is 0.207 e. The standard InChI is InChI=1S/C13H11BrF2S/c1-7-3-12(8(2)17-7)13(14)9-4-10(15)6-11(16)5-9/h3-6,13H,1-2H3. The third-order valence-electron chi connectivity index (χ3n) is 2.53. The first kappa shape index (κ1) is 12.7. The summed E-state index contributed by atoms with van der Waals surface area (Å²) in [4.78, 5) is 2.19. The number of benzene rings is 1. The molecule has 0 spiro atoms. The van der Waals surface area contributed by atoms with Gasteiger partial charge in [0.05, 0.1) is 4.83 Å². The lowest BCUT2D eigenvalue weighted by Gasteiger charge is -2.10. The van der Waals surface area contributed by atoms with E-state index in [0.29, 0.717) is 5.56 Å². The summed E-state index contributed by atoms with van der Waals surface area (Å²) in [5, 5.41) is 0. The van der Waals surface area contributed by atoms with Crippen LogP contribution in [-0.4, -0.2) is 0 Å². The number of aryl methyl sites for hydroxylation is 2. The minimum atomic E-state index is -0.547. The van der Waals surface area contributed by atoms with Crippen molar-refractivity contribution in [1.82, 2.24) is 0 Å². The van der Waals surface area contributed by atoms with E-state index in [-0.39, 0.29) is 4.83 Å². The highest BCUT2D eigenvalue weighted by molar-refractivity contribution is 9.09. The molecule has 0 N–H and O–H groups in total. The molecule has 4 heteroatoms. The molecule has 1 heterocycles. The highest BCUT2D eigenvalue weighted by Crippen LogP contribution is 2.36. The van der Waals surface area contributed by atoms with Gasteiger partial charge in [-0.05, 0) is 43.2 Å². The Morgan fingerprint density at radius 1 is 1.06 bits per heavy atom. The van der Waals surface area contributed by atoms with Crippen LogP contribution in [0.15, 0.2) is 24.3 Å². The Morgan fingerprint density at radius 3 is 2.12 bits per heavy atom. The topological polar surface area (TPSA) is 0 Å². The van der Waals surface area contributed by atoms with Crippen LogP contribution in [0.4, 0.5) is 8.78 Å². The molecule has 0 saturated carbocycles. The van der Waals surface area contributed by atoms with E-state index in [9.17, 15) is 8.78 Å². The Kier molecular flexibility index (Phi) is 3.64. The van der Waals surface area contributed by atoms with Gasteiger partial charge >= 0.3 is 0 Å². The Bertz CT molecular complexity index is 528. The van der Waals surface area contributed by atoms with Crippen LogP contribution in [0, 0.1) is 25.5 Å². The molecule has 0 amide bonds. The summed E-state index contributed by atoms with van der Waals surface area (Å²) in [6.45, 7) is 4.03. The van der Waals surface area contributed by atoms with Crippen molar-refractivity contribution in [2.45, 2.75) is 18.7 Å². The van der Waals surface area contributed by atoms with E-state index >= 15 is 0 Å². The van der Waals surface area contributed by atoms with Gasteiger partial charge in [0.15, 0.2) is 0 Å². The highest BCUT2D eigenvalue weighted by atomic mass is 79.9. The molecule has 1 aromatic heterocycles. The zero-order valence-corrected chi connectivity index (χ0v) is 11.8. The fourth-order valence-electron chi connectivity index (χ4n) is 1.80. The van der Waals surface area contributed by atoms with Crippen molar-refractivity contribution >= 4 is 27.3 Å². The van der Waals surface area contributed by atoms with Gasteiger partial charge in [0.25, 0.3) is 0 Å². The first-order chi connectivity index (χ1) is 7.97. The number of halogens is 3. The number of hydrogen-bond acceptors (Lipinski definition) is 1. The summed E-state index contributed by atoms with van der Waals surface area (Å²) in [7, 11) is 0. The maximum atomic E-state index is 13.2. The van der Waals surface area contributed by atoms with E-state index in [1.54, 1.807) is 11.3 Å². The van der Waals surface area contributed by atoms with Gasteiger partial charge in [0.1, 0.15) is 11.6 Å². The van der Waals surface area contributed by atoms with Crippen LogP contribution in [-0.2, 0) is 0 Å². The lowest BCUT2D eigenvalue weighted by molar-refractivity contribution is 0.580. The predicted octanol–water partition coefficient (Wildman–Crippen LogP) is 5.13. The minimum absolute atomic E-state index is 0.169. The first-order valence-electron chi connectivity index (χ1n) is 5.14. The Balaban J connectivity index is 2.43. The van der Waals surface area contributed by atoms with Gasteiger partial charge in [0, 0.05) is 15.8 Å². The quantitative estimate of drug-likeness (QED) is 0.674. The van der Waals surface area contributed by atoms with Crippen molar-refractivity contribution in [3.63, 3.8) is 0 Å². The van der Waals surface area contributed by atoms with Crippen LogP contribution in [0.2, 0.25) is 0 Å². The highest BCUT2D eigenvalue weighted by Gasteiger charge is 2.16. The Hall–Kier alpha value is -0.740. The van der Waals surface area contributed by atoms with Gasteiger partial charge in [-0.15, -0.1) is 11.3 Å². The molecule has 2 rings (SSSR count). The zero-order chi connectivity index (χ0) is 12.6. The SMILES string of the molecule is Cc1cc(C(Br)c2cc(F)cc(F)c2)c(C)s1. The van der Waals surface area contributed by atoms with Gasteiger partial charge in [-0.2, -0.15) is 0 Å². The second-order valence-corrected chi connectivity index (χ2v) is 6.31. The molecule has 0 aliphatic heterocycles. The number of rotatable bonds is 2. The van der Waals surface area contributed by atoms with Gasteiger partial charge in [-0.3, -0.25) is 0 Å². The average Bonchev–Trinajstić information content (AvgIpc) is 2.55. The van der Waals surface area contributed by atoms with Crippen molar-refractivity contribution in [3.8, 4) is 0 Å². The van der Waals surface area contributed by atoms with Crippen molar-refractivity contribution in [1.29, 1.82) is 0 Å². The molecule has 0 fully saturated rings. The smallest absolute Gasteiger partial charge is 0.126 e. The van der Waals surface area contributed by atoms with Crippen LogP contribution in [0.25, 0.3) is 0 Å². The van der Waals surface area contributed by atoms with E-state index in [2.05, 4.69) is 15.9 Å². The maximum Gasteiger partial charge on any atom is 0.126 e. The minimum Gasteiger partial charge on any atom is -0.207 e. The lowest BCUT2D eigenvalue weighted by Crippen LogP contribution is -1.95. The molecule has 17 heavy (non-hydrogen) atoms. The van der Waals surface area contributed by atoms with Gasteiger partial charge in [-0.25, -0.2) is 8.78 Å². The molecule has 1 unspecified atom stereocenters. The van der Waals surface area contributed by atoms with E-state index in [1.165, 1.54) is 17.0 Å². The fourth-order valence-corrected chi connectivity index (χ4v) is 3.66. The average molecular weight is 317 g/mol. The van der Waals surface area contributed by atoms with Crippen LogP contribution >= 0.6 is 27.3 Å². The maximum absolute atomic E-state index is 13.2. The predicted molar refractivity (Wildman–Crippen MR) is 70.9 cm³/mol. The molecule has 0 aliphatic carbocycles. The lowest BCUT2D eigenvalue weighted by atomic mass is 10.1. The molecule has 0 nitrogen and oxygen atoms in total. The normalized spacial score (nSPS) is 12.8. The monoisotopic (exact) mass is 316 g/mol. The van der Waals surface area contributed by atoms with Crippen LogP contribution < -0.4 is 0 Å².